The third kappa shape index (κ3) is 1.68. The minimum Gasteiger partial charge on any atom is -0.478 e. The number of fused-ring (bicyclic) bond motifs is 3. The van der Waals surface area contributed by atoms with Crippen LogP contribution in [0.3, 0.4) is 0 Å². The smallest absolute Gasteiger partial charge is 0.328 e. The molecule has 0 atom stereocenters. The molecule has 1 N–H and O–H groups in total. The van der Waals surface area contributed by atoms with E-state index in [1.807, 2.05) is 24.3 Å². The van der Waals surface area contributed by atoms with E-state index in [0.717, 1.165) is 16.7 Å². The normalized spacial score (nSPS) is 12.0. The van der Waals surface area contributed by atoms with Crippen LogP contribution >= 0.6 is 0 Å². The molecule has 3 rings (SSSR count). The minimum atomic E-state index is -0.906. The number of rotatable bonds is 1. The standard InChI is InChI=1S/C17H14O2/c1-10-5-3-7-12-14(9-15(18)19)13-8-4-6-11(2)17(13)16(10)12/h3-9H,1-2H3,(H,18,19). The van der Waals surface area contributed by atoms with Gasteiger partial charge in [-0.1, -0.05) is 36.4 Å². The van der Waals surface area contributed by atoms with Gasteiger partial charge < -0.3 is 5.11 Å². The third-order valence-electron chi connectivity index (χ3n) is 3.64. The Balaban J connectivity index is 2.44. The predicted octanol–water partition coefficient (Wildman–Crippen LogP) is 3.80. The molecular weight excluding hydrogens is 236 g/mol. The molecule has 0 spiro atoms. The van der Waals surface area contributed by atoms with Crippen molar-refractivity contribution in [3.8, 4) is 11.1 Å². The Labute approximate surface area is 112 Å². The topological polar surface area (TPSA) is 37.3 Å². The fraction of sp³-hybridized carbons (Fsp3) is 0.118. The van der Waals surface area contributed by atoms with Gasteiger partial charge in [0.05, 0.1) is 0 Å². The van der Waals surface area contributed by atoms with Gasteiger partial charge in [-0.05, 0) is 52.8 Å². The molecule has 0 aliphatic heterocycles. The van der Waals surface area contributed by atoms with Crippen molar-refractivity contribution in [1.82, 2.24) is 0 Å². The fourth-order valence-corrected chi connectivity index (χ4v) is 2.87. The van der Waals surface area contributed by atoms with Gasteiger partial charge in [0.25, 0.3) is 0 Å². The van der Waals surface area contributed by atoms with Crippen LogP contribution < -0.4 is 0 Å². The van der Waals surface area contributed by atoms with Crippen molar-refractivity contribution in [2.75, 3.05) is 0 Å². The third-order valence-corrected chi connectivity index (χ3v) is 3.64. The second kappa shape index (κ2) is 4.09. The lowest BCUT2D eigenvalue weighted by atomic mass is 9.97. The SMILES string of the molecule is Cc1cccc2c1-c1c(C)cccc1C2=CC(=O)O. The number of carbonyl (C=O) groups is 1. The Kier molecular flexibility index (Phi) is 2.53. The molecule has 0 amide bonds. The molecule has 0 fully saturated rings. The van der Waals surface area contributed by atoms with Crippen LogP contribution in [0.4, 0.5) is 0 Å². The van der Waals surface area contributed by atoms with Crippen molar-refractivity contribution in [3.63, 3.8) is 0 Å². The number of hydrogen-bond donors (Lipinski definition) is 1. The number of aliphatic carboxylic acids is 1. The van der Waals surface area contributed by atoms with Crippen LogP contribution in [0.2, 0.25) is 0 Å². The highest BCUT2D eigenvalue weighted by molar-refractivity contribution is 6.07. The van der Waals surface area contributed by atoms with Gasteiger partial charge >= 0.3 is 5.97 Å². The molecule has 0 aromatic heterocycles. The summed E-state index contributed by atoms with van der Waals surface area (Å²) in [5, 5.41) is 9.09. The number of hydrogen-bond acceptors (Lipinski definition) is 1. The lowest BCUT2D eigenvalue weighted by molar-refractivity contribution is -0.131. The summed E-state index contributed by atoms with van der Waals surface area (Å²) < 4.78 is 0. The van der Waals surface area contributed by atoms with E-state index in [2.05, 4.69) is 26.0 Å². The maximum atomic E-state index is 11.1. The number of aryl methyl sites for hydroxylation is 2. The second-order valence-corrected chi connectivity index (χ2v) is 4.89. The number of carboxylic acid groups (broad SMARTS) is 1. The Morgan fingerprint density at radius 2 is 1.42 bits per heavy atom. The molecule has 0 saturated heterocycles. The summed E-state index contributed by atoms with van der Waals surface area (Å²) in [5.41, 5.74) is 7.55. The average molecular weight is 250 g/mol. The Bertz CT molecular complexity index is 671. The van der Waals surface area contributed by atoms with Crippen molar-refractivity contribution in [2.24, 2.45) is 0 Å². The molecule has 19 heavy (non-hydrogen) atoms. The first-order chi connectivity index (χ1) is 9.09. The molecule has 2 heteroatoms. The maximum absolute atomic E-state index is 11.1. The summed E-state index contributed by atoms with van der Waals surface area (Å²) in [5.74, 6) is -0.906. The van der Waals surface area contributed by atoms with E-state index < -0.39 is 5.97 Å². The molecule has 1 aliphatic carbocycles. The summed E-state index contributed by atoms with van der Waals surface area (Å²) in [6.07, 6.45) is 1.31. The summed E-state index contributed by atoms with van der Waals surface area (Å²) in [6, 6.07) is 12.1. The first-order valence-electron chi connectivity index (χ1n) is 6.24. The van der Waals surface area contributed by atoms with Gasteiger partial charge in [0.1, 0.15) is 0 Å². The molecule has 2 aromatic carbocycles. The molecular formula is C17H14O2. The van der Waals surface area contributed by atoms with Crippen molar-refractivity contribution >= 4 is 11.5 Å². The van der Waals surface area contributed by atoms with Gasteiger partial charge in [-0.15, -0.1) is 0 Å². The zero-order chi connectivity index (χ0) is 13.6. The van der Waals surface area contributed by atoms with Gasteiger partial charge in [0.2, 0.25) is 0 Å². The lowest BCUT2D eigenvalue weighted by Gasteiger charge is -2.07. The summed E-state index contributed by atoms with van der Waals surface area (Å²) >= 11 is 0. The van der Waals surface area contributed by atoms with Gasteiger partial charge in [0.15, 0.2) is 0 Å². The number of carboxylic acids is 1. The second-order valence-electron chi connectivity index (χ2n) is 4.89. The molecule has 2 aromatic rings. The zero-order valence-electron chi connectivity index (χ0n) is 10.9. The van der Waals surface area contributed by atoms with Gasteiger partial charge in [-0.3, -0.25) is 0 Å². The van der Waals surface area contributed by atoms with Crippen LogP contribution in [0.1, 0.15) is 22.3 Å². The number of benzene rings is 2. The van der Waals surface area contributed by atoms with Crippen molar-refractivity contribution < 1.29 is 9.90 Å². The molecule has 0 heterocycles. The first kappa shape index (κ1) is 11.7. The minimum absolute atomic E-state index is 0.810. The van der Waals surface area contributed by atoms with Gasteiger partial charge in [-0.25, -0.2) is 4.79 Å². The van der Waals surface area contributed by atoms with E-state index in [4.69, 9.17) is 5.11 Å². The molecule has 0 saturated carbocycles. The largest absolute Gasteiger partial charge is 0.478 e. The van der Waals surface area contributed by atoms with Crippen LogP contribution in [-0.4, -0.2) is 11.1 Å². The van der Waals surface area contributed by atoms with Crippen LogP contribution in [0, 0.1) is 13.8 Å². The molecule has 0 radical (unpaired) electrons. The van der Waals surface area contributed by atoms with Crippen molar-refractivity contribution in [1.29, 1.82) is 0 Å². The van der Waals surface area contributed by atoms with E-state index in [-0.39, 0.29) is 0 Å². The van der Waals surface area contributed by atoms with E-state index in [1.165, 1.54) is 28.3 Å². The lowest BCUT2D eigenvalue weighted by Crippen LogP contribution is -1.91. The Morgan fingerprint density at radius 1 is 0.947 bits per heavy atom. The quantitative estimate of drug-likeness (QED) is 0.667. The summed E-state index contributed by atoms with van der Waals surface area (Å²) in [6.45, 7) is 4.14. The highest BCUT2D eigenvalue weighted by atomic mass is 16.4. The highest BCUT2D eigenvalue weighted by Gasteiger charge is 2.26. The highest BCUT2D eigenvalue weighted by Crippen LogP contribution is 2.47. The Morgan fingerprint density at radius 3 is 1.84 bits per heavy atom. The molecule has 1 aliphatic rings. The zero-order valence-corrected chi connectivity index (χ0v) is 10.9. The van der Waals surface area contributed by atoms with E-state index >= 15 is 0 Å². The van der Waals surface area contributed by atoms with Crippen LogP contribution in [0.5, 0.6) is 0 Å². The maximum Gasteiger partial charge on any atom is 0.328 e. The van der Waals surface area contributed by atoms with Crippen LogP contribution in [0.25, 0.3) is 16.7 Å². The Hall–Kier alpha value is -2.35. The molecule has 2 nitrogen and oxygen atoms in total. The van der Waals surface area contributed by atoms with Crippen LogP contribution in [0.15, 0.2) is 42.5 Å². The fourth-order valence-electron chi connectivity index (χ4n) is 2.87. The van der Waals surface area contributed by atoms with Crippen molar-refractivity contribution in [2.45, 2.75) is 13.8 Å². The average Bonchev–Trinajstić information content (AvgIpc) is 2.66. The molecule has 0 bridgehead atoms. The van der Waals surface area contributed by atoms with E-state index in [1.54, 1.807) is 0 Å². The predicted molar refractivity (Wildman–Crippen MR) is 76.1 cm³/mol. The van der Waals surface area contributed by atoms with Gasteiger partial charge in [0, 0.05) is 6.08 Å². The molecule has 94 valence electrons. The van der Waals surface area contributed by atoms with Crippen LogP contribution in [-0.2, 0) is 4.79 Å². The molecule has 0 unspecified atom stereocenters. The van der Waals surface area contributed by atoms with E-state index in [0.29, 0.717) is 0 Å². The van der Waals surface area contributed by atoms with Crippen molar-refractivity contribution in [3.05, 3.63) is 64.7 Å². The summed E-state index contributed by atoms with van der Waals surface area (Å²) in [7, 11) is 0. The van der Waals surface area contributed by atoms with Gasteiger partial charge in [-0.2, -0.15) is 0 Å². The first-order valence-corrected chi connectivity index (χ1v) is 6.24. The summed E-state index contributed by atoms with van der Waals surface area (Å²) in [4.78, 5) is 11.1. The van der Waals surface area contributed by atoms with E-state index in [9.17, 15) is 4.79 Å². The monoisotopic (exact) mass is 250 g/mol.